The number of amides is 1. The highest BCUT2D eigenvalue weighted by Gasteiger charge is 2.11. The van der Waals surface area contributed by atoms with Crippen LogP contribution in [0.4, 0.5) is 4.39 Å². The Balaban J connectivity index is 1.45. The molecule has 2 aromatic carbocycles. The van der Waals surface area contributed by atoms with Gasteiger partial charge in [0, 0.05) is 17.3 Å². The number of aryl methyl sites for hydroxylation is 1. The van der Waals surface area contributed by atoms with Gasteiger partial charge in [-0.2, -0.15) is 5.10 Å². The molecule has 0 saturated carbocycles. The monoisotopic (exact) mass is 406 g/mol. The molecule has 7 heteroatoms. The van der Waals surface area contributed by atoms with Gasteiger partial charge >= 0.3 is 0 Å². The van der Waals surface area contributed by atoms with Crippen molar-refractivity contribution in [2.45, 2.75) is 20.4 Å². The zero-order valence-corrected chi connectivity index (χ0v) is 16.8. The Bertz CT molecular complexity index is 1170. The van der Waals surface area contributed by atoms with Crippen LogP contribution in [-0.2, 0) is 11.3 Å². The third kappa shape index (κ3) is 4.09. The van der Waals surface area contributed by atoms with Crippen LogP contribution in [0.3, 0.4) is 0 Å². The van der Waals surface area contributed by atoms with Gasteiger partial charge in [0.2, 0.25) is 5.91 Å². The lowest BCUT2D eigenvalue weighted by molar-refractivity contribution is -0.116. The van der Waals surface area contributed by atoms with Crippen molar-refractivity contribution in [3.05, 3.63) is 82.4 Å². The van der Waals surface area contributed by atoms with Crippen molar-refractivity contribution in [3.63, 3.8) is 0 Å². The van der Waals surface area contributed by atoms with Crippen LogP contribution in [0.2, 0.25) is 0 Å². The van der Waals surface area contributed by atoms with Crippen molar-refractivity contribution in [2.24, 2.45) is 0 Å². The van der Waals surface area contributed by atoms with Gasteiger partial charge in [-0.25, -0.2) is 14.1 Å². The molecule has 0 spiro atoms. The number of nitrogens with one attached hydrogen (secondary N) is 1. The number of rotatable bonds is 5. The average molecular weight is 406 g/mol. The average Bonchev–Trinajstić information content (AvgIpc) is 3.26. The van der Waals surface area contributed by atoms with E-state index in [9.17, 15) is 9.18 Å². The molecular formula is C22H19FN4OS. The molecule has 5 nitrogen and oxygen atoms in total. The van der Waals surface area contributed by atoms with Crippen molar-refractivity contribution in [1.82, 2.24) is 20.1 Å². The van der Waals surface area contributed by atoms with E-state index in [-0.39, 0.29) is 11.7 Å². The van der Waals surface area contributed by atoms with Gasteiger partial charge in [-0.1, -0.05) is 12.1 Å². The molecule has 146 valence electrons. The second-order valence-electron chi connectivity index (χ2n) is 6.60. The van der Waals surface area contributed by atoms with E-state index < -0.39 is 0 Å². The molecule has 4 rings (SSSR count). The predicted molar refractivity (Wildman–Crippen MR) is 113 cm³/mol. The largest absolute Gasteiger partial charge is 0.346 e. The summed E-state index contributed by atoms with van der Waals surface area (Å²) < 4.78 is 16.0. The number of benzene rings is 2. The van der Waals surface area contributed by atoms with E-state index in [1.807, 2.05) is 38.1 Å². The Morgan fingerprint density at radius 1 is 1.17 bits per heavy atom. The van der Waals surface area contributed by atoms with E-state index in [1.54, 1.807) is 34.2 Å². The molecule has 1 amide bonds. The van der Waals surface area contributed by atoms with Gasteiger partial charge in [-0.15, -0.1) is 11.3 Å². The molecule has 0 aliphatic rings. The van der Waals surface area contributed by atoms with Crippen LogP contribution in [0.15, 0.2) is 54.6 Å². The fourth-order valence-electron chi connectivity index (χ4n) is 3.11. The number of hydrogen-bond acceptors (Lipinski definition) is 4. The minimum absolute atomic E-state index is 0.197. The lowest BCUT2D eigenvalue weighted by Crippen LogP contribution is -2.20. The van der Waals surface area contributed by atoms with Crippen molar-refractivity contribution >= 4 is 33.5 Å². The number of halogens is 1. The number of nitrogens with zero attached hydrogens (tertiary/aromatic N) is 3. The number of carbonyl (C=O) groups is 1. The standard InChI is InChI=1S/C22H19FN4OS/c1-14-18(15(2)27(26-14)17-9-7-16(23)8-10-17)11-12-21(28)24-13-22-25-19-5-3-4-6-20(19)29-22/h3-12H,13H2,1-2H3,(H,24,28)/b12-11+. The van der Waals surface area contributed by atoms with E-state index >= 15 is 0 Å². The third-order valence-electron chi connectivity index (χ3n) is 4.57. The Morgan fingerprint density at radius 2 is 1.93 bits per heavy atom. The van der Waals surface area contributed by atoms with E-state index in [1.165, 1.54) is 18.2 Å². The van der Waals surface area contributed by atoms with E-state index in [2.05, 4.69) is 15.4 Å². The summed E-state index contributed by atoms with van der Waals surface area (Å²) in [5.74, 6) is -0.488. The second-order valence-corrected chi connectivity index (χ2v) is 7.71. The lowest BCUT2D eigenvalue weighted by atomic mass is 10.2. The summed E-state index contributed by atoms with van der Waals surface area (Å²) in [6.07, 6.45) is 3.25. The van der Waals surface area contributed by atoms with Crippen LogP contribution in [0.25, 0.3) is 22.0 Å². The Hall–Kier alpha value is -3.32. The SMILES string of the molecule is Cc1nn(-c2ccc(F)cc2)c(C)c1/C=C/C(=O)NCc1nc2ccccc2s1. The van der Waals surface area contributed by atoms with Gasteiger partial charge in [-0.3, -0.25) is 4.79 Å². The third-order valence-corrected chi connectivity index (χ3v) is 5.61. The van der Waals surface area contributed by atoms with Crippen LogP contribution in [-0.4, -0.2) is 20.7 Å². The highest BCUT2D eigenvalue weighted by atomic mass is 32.1. The quantitative estimate of drug-likeness (QED) is 0.494. The van der Waals surface area contributed by atoms with Crippen molar-refractivity contribution in [1.29, 1.82) is 0 Å². The Kier molecular flexibility index (Phi) is 5.22. The van der Waals surface area contributed by atoms with Crippen molar-refractivity contribution in [3.8, 4) is 5.69 Å². The minimum atomic E-state index is -0.291. The van der Waals surface area contributed by atoms with Gasteiger partial charge in [0.1, 0.15) is 10.8 Å². The maximum atomic E-state index is 13.2. The highest BCUT2D eigenvalue weighted by Crippen LogP contribution is 2.22. The second kappa shape index (κ2) is 7.97. The van der Waals surface area contributed by atoms with E-state index in [0.717, 1.165) is 37.9 Å². The summed E-state index contributed by atoms with van der Waals surface area (Å²) in [5, 5.41) is 8.24. The normalized spacial score (nSPS) is 11.4. The summed E-state index contributed by atoms with van der Waals surface area (Å²) in [6, 6.07) is 14.0. The molecule has 0 fully saturated rings. The molecule has 1 N–H and O–H groups in total. The summed E-state index contributed by atoms with van der Waals surface area (Å²) >= 11 is 1.57. The number of hydrogen-bond donors (Lipinski definition) is 1. The molecular weight excluding hydrogens is 387 g/mol. The zero-order chi connectivity index (χ0) is 20.4. The molecule has 0 atom stereocenters. The van der Waals surface area contributed by atoms with Gasteiger partial charge in [0.15, 0.2) is 0 Å². The van der Waals surface area contributed by atoms with Crippen LogP contribution in [0.1, 0.15) is 22.0 Å². The topological polar surface area (TPSA) is 59.8 Å². The zero-order valence-electron chi connectivity index (χ0n) is 16.0. The summed E-state index contributed by atoms with van der Waals surface area (Å²) in [7, 11) is 0. The van der Waals surface area contributed by atoms with Crippen molar-refractivity contribution < 1.29 is 9.18 Å². The molecule has 2 aromatic heterocycles. The van der Waals surface area contributed by atoms with Crippen LogP contribution in [0.5, 0.6) is 0 Å². The lowest BCUT2D eigenvalue weighted by Gasteiger charge is -2.04. The predicted octanol–water partition coefficient (Wildman–Crippen LogP) is 4.57. The minimum Gasteiger partial charge on any atom is -0.346 e. The molecule has 0 saturated heterocycles. The maximum Gasteiger partial charge on any atom is 0.244 e. The van der Waals surface area contributed by atoms with Crippen LogP contribution >= 0.6 is 11.3 Å². The summed E-state index contributed by atoms with van der Waals surface area (Å²) in [6.45, 7) is 4.18. The molecule has 0 bridgehead atoms. The van der Waals surface area contributed by atoms with Gasteiger partial charge in [-0.05, 0) is 56.3 Å². The van der Waals surface area contributed by atoms with Crippen molar-refractivity contribution in [2.75, 3.05) is 0 Å². The number of fused-ring (bicyclic) bond motifs is 1. The highest BCUT2D eigenvalue weighted by molar-refractivity contribution is 7.18. The molecule has 0 aliphatic heterocycles. The van der Waals surface area contributed by atoms with Gasteiger partial charge in [0.25, 0.3) is 0 Å². The number of aromatic nitrogens is 3. The first-order valence-electron chi connectivity index (χ1n) is 9.14. The molecule has 0 unspecified atom stereocenters. The molecule has 0 radical (unpaired) electrons. The molecule has 0 aliphatic carbocycles. The molecule has 2 heterocycles. The number of para-hydroxylation sites is 1. The molecule has 4 aromatic rings. The Labute approximate surface area is 171 Å². The number of thiazole rings is 1. The number of carbonyl (C=O) groups excluding carboxylic acids is 1. The maximum absolute atomic E-state index is 13.2. The first-order chi connectivity index (χ1) is 14.0. The molecule has 29 heavy (non-hydrogen) atoms. The van der Waals surface area contributed by atoms with Gasteiger partial charge in [0.05, 0.1) is 28.1 Å². The van der Waals surface area contributed by atoms with Crippen LogP contribution < -0.4 is 5.32 Å². The van der Waals surface area contributed by atoms with E-state index in [0.29, 0.717) is 6.54 Å². The summed E-state index contributed by atoms with van der Waals surface area (Å²) in [4.78, 5) is 16.8. The summed E-state index contributed by atoms with van der Waals surface area (Å²) in [5.41, 5.74) is 4.25. The van der Waals surface area contributed by atoms with Crippen LogP contribution in [0, 0.1) is 19.7 Å². The smallest absolute Gasteiger partial charge is 0.244 e. The van der Waals surface area contributed by atoms with E-state index in [4.69, 9.17) is 0 Å². The fourth-order valence-corrected chi connectivity index (χ4v) is 4.01. The fraction of sp³-hybridized carbons (Fsp3) is 0.136. The first-order valence-corrected chi connectivity index (χ1v) is 9.95. The Morgan fingerprint density at radius 3 is 2.69 bits per heavy atom. The van der Waals surface area contributed by atoms with Gasteiger partial charge < -0.3 is 5.32 Å². The first kappa shape index (κ1) is 19.0.